The molecule has 5 rings (SSSR count). The fourth-order valence-corrected chi connectivity index (χ4v) is 6.48. The monoisotopic (exact) mass is 687 g/mol. The third-order valence-electron chi connectivity index (χ3n) is 7.62. The van der Waals surface area contributed by atoms with Gasteiger partial charge in [0, 0.05) is 11.8 Å². The fraction of sp³-hybridized carbons (Fsp3) is 0.444. The minimum absolute atomic E-state index is 0.179. The molecule has 0 bridgehead atoms. The summed E-state index contributed by atoms with van der Waals surface area (Å²) < 4.78 is 66.8. The topological polar surface area (TPSA) is 232 Å². The molecule has 5 unspecified atom stereocenters. The van der Waals surface area contributed by atoms with Crippen molar-refractivity contribution < 1.29 is 57.7 Å². The maximum atomic E-state index is 13.8. The van der Waals surface area contributed by atoms with Crippen LogP contribution in [0.3, 0.4) is 0 Å². The van der Waals surface area contributed by atoms with Crippen LogP contribution in [-0.2, 0) is 9.47 Å². The number of thioether (sulfide) groups is 1. The van der Waals surface area contributed by atoms with Gasteiger partial charge >= 0.3 is 0 Å². The summed E-state index contributed by atoms with van der Waals surface area (Å²) in [6.07, 6.45) is -5.70. The van der Waals surface area contributed by atoms with E-state index < -0.39 is 102 Å². The van der Waals surface area contributed by atoms with E-state index in [1.807, 2.05) is 0 Å². The number of rotatable bonds is 10. The first kappa shape index (κ1) is 34.7. The lowest BCUT2D eigenvalue weighted by Crippen LogP contribution is -2.63. The van der Waals surface area contributed by atoms with E-state index in [-0.39, 0.29) is 17.0 Å². The molecule has 2 aliphatic heterocycles. The number of aromatic nitrogens is 4. The minimum atomic E-state index is -1.73. The molecule has 20 heteroatoms. The van der Waals surface area contributed by atoms with Crippen molar-refractivity contribution in [3.8, 4) is 11.4 Å². The molecule has 0 aliphatic carbocycles. The van der Waals surface area contributed by atoms with Gasteiger partial charge in [0.15, 0.2) is 17.5 Å². The zero-order chi connectivity index (χ0) is 34.0. The lowest BCUT2D eigenvalue weighted by molar-refractivity contribution is -0.184. The van der Waals surface area contributed by atoms with Gasteiger partial charge in [-0.25, -0.2) is 27.8 Å². The summed E-state index contributed by atoms with van der Waals surface area (Å²) >= 11 is 0.682. The number of aliphatic hydroxyl groups is 6. The largest absolute Gasteiger partial charge is 0.394 e. The number of pyridine rings is 1. The molecular formula is C27H29F4N7O8S. The Morgan fingerprint density at radius 2 is 1.57 bits per heavy atom. The Morgan fingerprint density at radius 3 is 2.17 bits per heavy atom. The standard InChI is InChI=1S/C27H29F4N7O8S/c28-11-1-2-14(33-5-11)16-7-38(37-36-16)21-23(42)18(9-40)46-27(25(21)44)47-26-24(43)20(22(41)17(8-39)45-26)34-6-15(35-32)10-3-12(29)19(31)13(30)4-10/h1-7,17-18,20-27,32,34,39-44H,8-9H2/b15-6-,35-32?/t17?,18-,20?,21?,22+,23?,24?,25-,26+,27+/m1/s1. The molecule has 4 heterocycles. The molecular weight excluding hydrogens is 658 g/mol. The maximum absolute atomic E-state index is 13.8. The normalized spacial score (nSPS) is 31.5. The molecule has 0 amide bonds. The van der Waals surface area contributed by atoms with Crippen LogP contribution in [0.1, 0.15) is 11.6 Å². The van der Waals surface area contributed by atoms with Crippen molar-refractivity contribution in [2.45, 2.75) is 59.6 Å². The van der Waals surface area contributed by atoms with Crippen LogP contribution in [0.2, 0.25) is 0 Å². The summed E-state index contributed by atoms with van der Waals surface area (Å²) in [5.74, 6) is -5.39. The van der Waals surface area contributed by atoms with Crippen LogP contribution >= 0.6 is 11.8 Å². The van der Waals surface area contributed by atoms with E-state index in [0.717, 1.165) is 23.1 Å². The van der Waals surface area contributed by atoms with Gasteiger partial charge in [0.05, 0.1) is 37.3 Å². The van der Waals surface area contributed by atoms with E-state index in [2.05, 4.69) is 25.7 Å². The predicted octanol–water partition coefficient (Wildman–Crippen LogP) is 0.0366. The molecule has 0 radical (unpaired) electrons. The summed E-state index contributed by atoms with van der Waals surface area (Å²) in [6.45, 7) is -1.45. The van der Waals surface area contributed by atoms with Crippen LogP contribution in [-0.4, -0.2) is 117 Å². The maximum Gasteiger partial charge on any atom is 0.194 e. The zero-order valence-electron chi connectivity index (χ0n) is 23.9. The summed E-state index contributed by atoms with van der Waals surface area (Å²) in [7, 11) is 0. The Labute approximate surface area is 267 Å². The Bertz CT molecular complexity index is 1570. The Kier molecular flexibility index (Phi) is 10.8. The van der Waals surface area contributed by atoms with Gasteiger partial charge in [-0.3, -0.25) is 4.98 Å². The highest BCUT2D eigenvalue weighted by Gasteiger charge is 2.50. The van der Waals surface area contributed by atoms with Crippen LogP contribution in [0, 0.1) is 28.8 Å². The number of nitrogens with one attached hydrogen (secondary N) is 2. The second kappa shape index (κ2) is 14.7. The van der Waals surface area contributed by atoms with Crippen LogP contribution in [0.5, 0.6) is 0 Å². The molecule has 254 valence electrons. The predicted molar refractivity (Wildman–Crippen MR) is 152 cm³/mol. The van der Waals surface area contributed by atoms with Crippen LogP contribution < -0.4 is 5.32 Å². The number of benzene rings is 1. The van der Waals surface area contributed by atoms with Gasteiger partial charge in [-0.1, -0.05) is 17.0 Å². The highest BCUT2D eigenvalue weighted by Crippen LogP contribution is 2.40. The smallest absolute Gasteiger partial charge is 0.194 e. The Balaban J connectivity index is 1.37. The van der Waals surface area contributed by atoms with Crippen molar-refractivity contribution in [1.29, 1.82) is 5.53 Å². The van der Waals surface area contributed by atoms with E-state index >= 15 is 0 Å². The second-order valence-corrected chi connectivity index (χ2v) is 11.8. The van der Waals surface area contributed by atoms with Crippen molar-refractivity contribution >= 4 is 17.5 Å². The summed E-state index contributed by atoms with van der Waals surface area (Å²) in [5.41, 5.74) is 4.38. The fourth-order valence-electron chi connectivity index (χ4n) is 5.15. The Hall–Kier alpha value is -3.60. The molecule has 0 spiro atoms. The van der Waals surface area contributed by atoms with Crippen LogP contribution in [0.25, 0.3) is 17.1 Å². The first-order chi connectivity index (χ1) is 22.5. The average molecular weight is 688 g/mol. The van der Waals surface area contributed by atoms with Gasteiger partial charge in [0.1, 0.15) is 70.7 Å². The van der Waals surface area contributed by atoms with Crippen LogP contribution in [0.4, 0.5) is 17.6 Å². The number of aliphatic hydroxyl groups excluding tert-OH is 6. The van der Waals surface area contributed by atoms with E-state index in [1.165, 1.54) is 12.3 Å². The SMILES string of the molecule is N=N/C(=C\NC1C(O)[C@H](S[C@@H]2O[C@H](CO)C(O)C(n3cc(-c4ccc(F)cn4)nn3)[C@H]2O)OC(CO)[C@@H]1O)c1cc(F)c(F)c(F)c1. The molecule has 47 heavy (non-hydrogen) atoms. The van der Waals surface area contributed by atoms with Gasteiger partial charge in [0.2, 0.25) is 0 Å². The molecule has 2 aromatic heterocycles. The third kappa shape index (κ3) is 7.15. The zero-order valence-corrected chi connectivity index (χ0v) is 24.7. The van der Waals surface area contributed by atoms with Crippen LogP contribution in [0.15, 0.2) is 48.0 Å². The molecule has 8 N–H and O–H groups in total. The highest BCUT2D eigenvalue weighted by atomic mass is 32.2. The molecule has 2 aliphatic rings. The molecule has 15 nitrogen and oxygen atoms in total. The number of nitrogens with zero attached hydrogens (tertiary/aromatic N) is 5. The van der Waals surface area contributed by atoms with Gasteiger partial charge in [-0.2, -0.15) is 5.11 Å². The van der Waals surface area contributed by atoms with Gasteiger partial charge in [-0.05, 0) is 24.3 Å². The highest BCUT2D eigenvalue weighted by molar-refractivity contribution is 8.00. The van der Waals surface area contributed by atoms with Crippen molar-refractivity contribution in [2.24, 2.45) is 5.11 Å². The third-order valence-corrected chi connectivity index (χ3v) is 8.94. The number of halogens is 4. The van der Waals surface area contributed by atoms with Crippen molar-refractivity contribution in [3.05, 3.63) is 71.7 Å². The van der Waals surface area contributed by atoms with E-state index in [0.29, 0.717) is 23.9 Å². The summed E-state index contributed by atoms with van der Waals surface area (Å²) in [4.78, 5) is 3.92. The lowest BCUT2D eigenvalue weighted by atomic mass is 9.97. The molecule has 10 atom stereocenters. The van der Waals surface area contributed by atoms with E-state index in [1.54, 1.807) is 0 Å². The molecule has 2 saturated heterocycles. The molecule has 0 saturated carbocycles. The first-order valence-electron chi connectivity index (χ1n) is 13.9. The molecule has 3 aromatic rings. The van der Waals surface area contributed by atoms with Crippen molar-refractivity contribution in [2.75, 3.05) is 13.2 Å². The second-order valence-electron chi connectivity index (χ2n) is 10.6. The number of hydrogen-bond acceptors (Lipinski definition) is 15. The average Bonchev–Trinajstić information content (AvgIpc) is 3.54. The molecule has 1 aromatic carbocycles. The quantitative estimate of drug-likeness (QED) is 0.0800. The Morgan fingerprint density at radius 1 is 0.936 bits per heavy atom. The number of hydrogen-bond donors (Lipinski definition) is 8. The van der Waals surface area contributed by atoms with Crippen molar-refractivity contribution in [1.82, 2.24) is 25.3 Å². The van der Waals surface area contributed by atoms with Gasteiger partial charge in [0.25, 0.3) is 0 Å². The minimum Gasteiger partial charge on any atom is -0.394 e. The summed E-state index contributed by atoms with van der Waals surface area (Å²) in [5, 5.41) is 77.7. The molecule has 2 fully saturated rings. The van der Waals surface area contributed by atoms with E-state index in [4.69, 9.17) is 15.0 Å². The lowest BCUT2D eigenvalue weighted by Gasteiger charge is -2.46. The summed E-state index contributed by atoms with van der Waals surface area (Å²) in [6, 6.07) is 1.04. The first-order valence-corrected chi connectivity index (χ1v) is 14.8. The van der Waals surface area contributed by atoms with Crippen molar-refractivity contribution in [3.63, 3.8) is 0 Å². The number of ether oxygens (including phenoxy) is 2. The van der Waals surface area contributed by atoms with Gasteiger partial charge < -0.3 is 45.4 Å². The van der Waals surface area contributed by atoms with E-state index in [9.17, 15) is 48.2 Å². The van der Waals surface area contributed by atoms with Gasteiger partial charge in [-0.15, -0.1) is 5.10 Å².